The third-order valence-electron chi connectivity index (χ3n) is 5.09. The number of allylic oxidation sites excluding steroid dienone is 1. The number of hydrogen-bond acceptors (Lipinski definition) is 3. The predicted molar refractivity (Wildman–Crippen MR) is 105 cm³/mol. The molecule has 0 atom stereocenters. The van der Waals surface area contributed by atoms with Crippen LogP contribution in [-0.4, -0.2) is 32.3 Å². The highest BCUT2D eigenvalue weighted by molar-refractivity contribution is 6.76. The number of anilines is 1. The van der Waals surface area contributed by atoms with Crippen molar-refractivity contribution in [2.24, 2.45) is 0 Å². The quantitative estimate of drug-likeness (QED) is 0.327. The summed E-state index contributed by atoms with van der Waals surface area (Å²) in [5, 5.41) is 0. The van der Waals surface area contributed by atoms with Crippen LogP contribution in [-0.2, 0) is 9.53 Å². The Morgan fingerprint density at radius 1 is 1.16 bits per heavy atom. The smallest absolute Gasteiger partial charge is 0.260 e. The van der Waals surface area contributed by atoms with Crippen LogP contribution in [0.3, 0.4) is 0 Å². The highest BCUT2D eigenvalue weighted by Gasteiger charge is 2.34. The Hall–Kier alpha value is -1.46. The summed E-state index contributed by atoms with van der Waals surface area (Å²) in [6.07, 6.45) is 10.6. The summed E-state index contributed by atoms with van der Waals surface area (Å²) in [6, 6.07) is 3.06. The van der Waals surface area contributed by atoms with Crippen LogP contribution >= 0.6 is 0 Å². The van der Waals surface area contributed by atoms with Crippen LogP contribution in [0.4, 0.5) is 5.69 Å². The lowest BCUT2D eigenvalue weighted by Gasteiger charge is -2.20. The van der Waals surface area contributed by atoms with E-state index in [2.05, 4.69) is 24.6 Å². The number of ether oxygens (including phenoxy) is 1. The first kappa shape index (κ1) is 18.3. The number of aromatic nitrogens is 1. The molecule has 1 aliphatic heterocycles. The summed E-state index contributed by atoms with van der Waals surface area (Å²) in [4.78, 5) is 19.2. The summed E-state index contributed by atoms with van der Waals surface area (Å²) >= 11 is 0. The second kappa shape index (κ2) is 7.83. The normalized spacial score (nSPS) is 18.5. The summed E-state index contributed by atoms with van der Waals surface area (Å²) in [7, 11) is -1.12. The molecule has 1 aliphatic carbocycles. The molecule has 2 aliphatic rings. The molecule has 4 nitrogen and oxygen atoms in total. The molecule has 136 valence electrons. The van der Waals surface area contributed by atoms with Crippen LogP contribution in [0.25, 0.3) is 5.57 Å². The Morgan fingerprint density at radius 3 is 2.56 bits per heavy atom. The monoisotopic (exact) mass is 358 g/mol. The van der Waals surface area contributed by atoms with E-state index >= 15 is 0 Å². The van der Waals surface area contributed by atoms with Gasteiger partial charge in [-0.25, -0.2) is 0 Å². The zero-order chi connectivity index (χ0) is 17.9. The van der Waals surface area contributed by atoms with Crippen LogP contribution in [0.15, 0.2) is 24.0 Å². The van der Waals surface area contributed by atoms with E-state index in [-0.39, 0.29) is 5.91 Å². The van der Waals surface area contributed by atoms with Crippen LogP contribution in [0, 0.1) is 0 Å². The molecule has 1 amide bonds. The van der Waals surface area contributed by atoms with E-state index in [4.69, 9.17) is 4.74 Å². The minimum atomic E-state index is -1.12. The molecule has 0 spiro atoms. The molecular formula is C20H30N2O2Si. The van der Waals surface area contributed by atoms with Crippen LogP contribution in [0.1, 0.15) is 44.1 Å². The van der Waals surface area contributed by atoms with Gasteiger partial charge in [0.15, 0.2) is 0 Å². The van der Waals surface area contributed by atoms with Gasteiger partial charge in [0.2, 0.25) is 0 Å². The molecule has 0 unspecified atom stereocenters. The molecule has 25 heavy (non-hydrogen) atoms. The third-order valence-corrected chi connectivity index (χ3v) is 6.80. The fourth-order valence-corrected chi connectivity index (χ4v) is 4.34. The number of carbonyl (C=O) groups is 1. The zero-order valence-electron chi connectivity index (χ0n) is 15.8. The molecule has 1 aromatic heterocycles. The number of fused-ring (bicyclic) bond motifs is 1. The Bertz CT molecular complexity index is 654. The van der Waals surface area contributed by atoms with Crippen molar-refractivity contribution in [3.8, 4) is 0 Å². The highest BCUT2D eigenvalue weighted by atomic mass is 28.3. The number of pyridine rings is 1. The fourth-order valence-electron chi connectivity index (χ4n) is 3.58. The average Bonchev–Trinajstić information content (AvgIpc) is 2.72. The van der Waals surface area contributed by atoms with Gasteiger partial charge in [-0.1, -0.05) is 38.1 Å². The number of rotatable bonds is 5. The van der Waals surface area contributed by atoms with Gasteiger partial charge in [-0.2, -0.15) is 0 Å². The van der Waals surface area contributed by atoms with Crippen molar-refractivity contribution in [3.05, 3.63) is 29.6 Å². The first-order valence-electron chi connectivity index (χ1n) is 9.53. The lowest BCUT2D eigenvalue weighted by atomic mass is 9.97. The summed E-state index contributed by atoms with van der Waals surface area (Å²) in [5.74, 6) is 0.105. The van der Waals surface area contributed by atoms with E-state index in [1.807, 2.05) is 12.3 Å². The van der Waals surface area contributed by atoms with E-state index in [9.17, 15) is 4.79 Å². The molecular weight excluding hydrogens is 328 g/mol. The van der Waals surface area contributed by atoms with Gasteiger partial charge in [-0.05, 0) is 37.8 Å². The summed E-state index contributed by atoms with van der Waals surface area (Å²) in [5.41, 5.74) is 4.18. The molecule has 3 rings (SSSR count). The number of carbonyl (C=O) groups excluding carboxylic acids is 1. The minimum Gasteiger partial charge on any atom is -0.361 e. The molecule has 1 saturated carbocycles. The maximum Gasteiger partial charge on any atom is 0.260 e. The van der Waals surface area contributed by atoms with Crippen molar-refractivity contribution in [2.45, 2.75) is 64.2 Å². The van der Waals surface area contributed by atoms with Gasteiger partial charge < -0.3 is 4.74 Å². The Kier molecular flexibility index (Phi) is 5.74. The van der Waals surface area contributed by atoms with Gasteiger partial charge in [-0.3, -0.25) is 14.7 Å². The Morgan fingerprint density at radius 2 is 1.88 bits per heavy atom. The largest absolute Gasteiger partial charge is 0.361 e. The molecule has 0 aromatic carbocycles. The second-order valence-corrected chi connectivity index (χ2v) is 14.0. The lowest BCUT2D eigenvalue weighted by Crippen LogP contribution is -2.31. The first-order chi connectivity index (χ1) is 12.0. The van der Waals surface area contributed by atoms with Crippen molar-refractivity contribution >= 4 is 25.2 Å². The van der Waals surface area contributed by atoms with Crippen LogP contribution < -0.4 is 4.90 Å². The highest BCUT2D eigenvalue weighted by Crippen LogP contribution is 2.40. The number of amides is 1. The van der Waals surface area contributed by atoms with Crippen LogP contribution in [0.2, 0.25) is 25.7 Å². The van der Waals surface area contributed by atoms with E-state index in [1.165, 1.54) is 31.3 Å². The molecule has 0 saturated heterocycles. The van der Waals surface area contributed by atoms with Gasteiger partial charge in [-0.15, -0.1) is 0 Å². The summed E-state index contributed by atoms with van der Waals surface area (Å²) < 4.78 is 5.88. The lowest BCUT2D eigenvalue weighted by molar-refractivity contribution is -0.114. The first-order valence-corrected chi connectivity index (χ1v) is 13.2. The SMILES string of the molecule is C[Si](C)(C)CCOCN1C(=O)C(=C2CCCCCC2)c2cnccc21. The molecule has 2 heterocycles. The number of nitrogens with zero attached hydrogens (tertiary/aromatic N) is 2. The molecule has 1 fully saturated rings. The van der Waals surface area contributed by atoms with Gasteiger partial charge in [0.25, 0.3) is 5.91 Å². The maximum absolute atomic E-state index is 13.1. The maximum atomic E-state index is 13.1. The summed E-state index contributed by atoms with van der Waals surface area (Å²) in [6.45, 7) is 8.09. The van der Waals surface area contributed by atoms with E-state index in [1.54, 1.807) is 11.1 Å². The van der Waals surface area contributed by atoms with Gasteiger partial charge in [0.1, 0.15) is 6.73 Å². The molecule has 0 N–H and O–H groups in total. The topological polar surface area (TPSA) is 42.4 Å². The van der Waals surface area contributed by atoms with E-state index < -0.39 is 8.07 Å². The fraction of sp³-hybridized carbons (Fsp3) is 0.600. The average molecular weight is 359 g/mol. The molecule has 5 heteroatoms. The van der Waals surface area contributed by atoms with Crippen molar-refractivity contribution < 1.29 is 9.53 Å². The van der Waals surface area contributed by atoms with E-state index in [0.717, 1.165) is 42.3 Å². The van der Waals surface area contributed by atoms with Crippen molar-refractivity contribution in [1.82, 2.24) is 4.98 Å². The minimum absolute atomic E-state index is 0.105. The molecule has 0 bridgehead atoms. The Balaban J connectivity index is 1.79. The second-order valence-electron chi connectivity index (χ2n) is 8.37. The molecule has 0 radical (unpaired) electrons. The predicted octanol–water partition coefficient (Wildman–Crippen LogP) is 4.85. The molecule has 1 aromatic rings. The third kappa shape index (κ3) is 4.39. The van der Waals surface area contributed by atoms with Gasteiger partial charge in [0.05, 0.1) is 11.3 Å². The zero-order valence-corrected chi connectivity index (χ0v) is 16.8. The van der Waals surface area contributed by atoms with Crippen molar-refractivity contribution in [2.75, 3.05) is 18.2 Å². The van der Waals surface area contributed by atoms with Gasteiger partial charge in [0, 0.05) is 32.6 Å². The standard InChI is InChI=1S/C20H30N2O2Si/c1-25(2,3)13-12-24-15-22-18-10-11-21-14-17(18)19(20(22)23)16-8-6-4-5-7-9-16/h10-11,14H,4-9,12-13,15H2,1-3H3. The van der Waals surface area contributed by atoms with Crippen molar-refractivity contribution in [1.29, 1.82) is 0 Å². The number of hydrogen-bond donors (Lipinski definition) is 0. The van der Waals surface area contributed by atoms with Crippen molar-refractivity contribution in [3.63, 3.8) is 0 Å². The van der Waals surface area contributed by atoms with E-state index in [0.29, 0.717) is 6.73 Å². The Labute approximate surface area is 152 Å². The van der Waals surface area contributed by atoms with Gasteiger partial charge >= 0.3 is 0 Å². The van der Waals surface area contributed by atoms with Crippen LogP contribution in [0.5, 0.6) is 0 Å².